The third-order valence-corrected chi connectivity index (χ3v) is 2.69. The Morgan fingerprint density at radius 1 is 1.25 bits per heavy atom. The lowest BCUT2D eigenvalue weighted by Crippen LogP contribution is -2.21. The number of fused-ring (bicyclic) bond motifs is 1. The second-order valence-electron chi connectivity index (χ2n) is 3.02. The number of nitrogens with zero attached hydrogens (tertiary/aromatic N) is 1. The van der Waals surface area contributed by atoms with E-state index in [-0.39, 0.29) is 16.9 Å². The standard InChI is InChI=1S/C9H6F4N2S/c10-7(11)9(12,13)16-8-14-5-3-1-2-4-6(5)15-8/h1-4,7H,(H,14,15). The second-order valence-corrected chi connectivity index (χ2v) is 4.16. The van der Waals surface area contributed by atoms with Gasteiger partial charge in [-0.2, -0.15) is 8.78 Å². The molecule has 1 aromatic carbocycles. The van der Waals surface area contributed by atoms with Crippen LogP contribution in [0.2, 0.25) is 0 Å². The number of hydrogen-bond acceptors (Lipinski definition) is 2. The van der Waals surface area contributed by atoms with Crippen molar-refractivity contribution >= 4 is 22.8 Å². The lowest BCUT2D eigenvalue weighted by molar-refractivity contribution is -0.0565. The summed E-state index contributed by atoms with van der Waals surface area (Å²) in [5, 5.41) is -4.35. The van der Waals surface area contributed by atoms with Crippen LogP contribution in [0.1, 0.15) is 0 Å². The molecule has 0 bridgehead atoms. The van der Waals surface area contributed by atoms with Crippen LogP contribution in [-0.4, -0.2) is 21.6 Å². The molecule has 0 aliphatic rings. The van der Waals surface area contributed by atoms with Gasteiger partial charge in [0.25, 0.3) is 0 Å². The molecule has 2 nitrogen and oxygen atoms in total. The lowest BCUT2D eigenvalue weighted by Gasteiger charge is -2.11. The van der Waals surface area contributed by atoms with Gasteiger partial charge in [-0.05, 0) is 23.9 Å². The molecule has 86 valence electrons. The Kier molecular flexibility index (Phi) is 2.79. The predicted octanol–water partition coefficient (Wildman–Crippen LogP) is 3.51. The number of imidazole rings is 1. The highest BCUT2D eigenvalue weighted by atomic mass is 32.2. The summed E-state index contributed by atoms with van der Waals surface area (Å²) >= 11 is -0.270. The molecule has 16 heavy (non-hydrogen) atoms. The van der Waals surface area contributed by atoms with Crippen molar-refractivity contribution in [3.8, 4) is 0 Å². The van der Waals surface area contributed by atoms with Crippen LogP contribution < -0.4 is 0 Å². The number of thioether (sulfide) groups is 1. The maximum atomic E-state index is 12.7. The van der Waals surface area contributed by atoms with Crippen LogP contribution in [0, 0.1) is 0 Å². The summed E-state index contributed by atoms with van der Waals surface area (Å²) in [6.45, 7) is 0. The average Bonchev–Trinajstić information content (AvgIpc) is 2.58. The fraction of sp³-hybridized carbons (Fsp3) is 0.222. The minimum absolute atomic E-state index is 0.216. The van der Waals surface area contributed by atoms with Crippen molar-refractivity contribution in [1.82, 2.24) is 9.97 Å². The van der Waals surface area contributed by atoms with Crippen molar-refractivity contribution in [2.45, 2.75) is 16.8 Å². The summed E-state index contributed by atoms with van der Waals surface area (Å²) in [7, 11) is 0. The molecule has 0 atom stereocenters. The molecule has 0 spiro atoms. The molecule has 0 saturated heterocycles. The molecule has 1 aromatic heterocycles. The van der Waals surface area contributed by atoms with E-state index >= 15 is 0 Å². The quantitative estimate of drug-likeness (QED) is 0.667. The number of benzene rings is 1. The van der Waals surface area contributed by atoms with Gasteiger partial charge < -0.3 is 4.98 Å². The van der Waals surface area contributed by atoms with Crippen LogP contribution in [-0.2, 0) is 0 Å². The fourth-order valence-corrected chi connectivity index (χ4v) is 1.80. The third kappa shape index (κ3) is 2.13. The zero-order valence-corrected chi connectivity index (χ0v) is 8.57. The molecule has 0 unspecified atom stereocenters. The van der Waals surface area contributed by atoms with Crippen LogP contribution in [0.5, 0.6) is 0 Å². The molecule has 2 rings (SSSR count). The molecule has 0 aliphatic carbocycles. The Hall–Kier alpha value is -1.24. The first-order chi connectivity index (χ1) is 7.49. The summed E-state index contributed by atoms with van der Waals surface area (Å²) in [5.41, 5.74) is 1.00. The number of H-pyrrole nitrogens is 1. The van der Waals surface area contributed by atoms with Crippen molar-refractivity contribution in [2.75, 3.05) is 0 Å². The van der Waals surface area contributed by atoms with E-state index in [1.807, 2.05) is 0 Å². The van der Waals surface area contributed by atoms with Gasteiger partial charge >= 0.3 is 11.7 Å². The monoisotopic (exact) mass is 250 g/mol. The summed E-state index contributed by atoms with van der Waals surface area (Å²) in [4.78, 5) is 6.32. The van der Waals surface area contributed by atoms with E-state index in [0.717, 1.165) is 0 Å². The van der Waals surface area contributed by atoms with E-state index in [1.54, 1.807) is 24.3 Å². The minimum Gasteiger partial charge on any atom is -0.333 e. The van der Waals surface area contributed by atoms with E-state index < -0.39 is 11.7 Å². The smallest absolute Gasteiger partial charge is 0.333 e. The first kappa shape index (κ1) is 11.3. The van der Waals surface area contributed by atoms with Crippen molar-refractivity contribution in [1.29, 1.82) is 0 Å². The van der Waals surface area contributed by atoms with Gasteiger partial charge in [0.05, 0.1) is 11.0 Å². The average molecular weight is 250 g/mol. The molecule has 2 aromatic rings. The van der Waals surface area contributed by atoms with Crippen molar-refractivity contribution in [3.05, 3.63) is 24.3 Å². The Balaban J connectivity index is 2.28. The minimum atomic E-state index is -4.13. The topological polar surface area (TPSA) is 28.7 Å². The number of alkyl halides is 4. The fourth-order valence-electron chi connectivity index (χ4n) is 1.15. The van der Waals surface area contributed by atoms with Gasteiger partial charge in [0.15, 0.2) is 5.16 Å². The first-order valence-electron chi connectivity index (χ1n) is 4.29. The number of aromatic nitrogens is 2. The van der Waals surface area contributed by atoms with Crippen LogP contribution in [0.15, 0.2) is 29.4 Å². The van der Waals surface area contributed by atoms with Crippen molar-refractivity contribution in [3.63, 3.8) is 0 Å². The first-order valence-corrected chi connectivity index (χ1v) is 5.10. The number of halogens is 4. The Morgan fingerprint density at radius 3 is 2.56 bits per heavy atom. The number of nitrogens with one attached hydrogen (secondary N) is 1. The van der Waals surface area contributed by atoms with Crippen LogP contribution in [0.4, 0.5) is 17.6 Å². The van der Waals surface area contributed by atoms with Gasteiger partial charge in [0.2, 0.25) is 0 Å². The Labute approximate surface area is 92.1 Å². The molecule has 0 radical (unpaired) electrons. The summed E-state index contributed by atoms with van der Waals surface area (Å²) in [5.74, 6) is 0. The second kappa shape index (κ2) is 3.97. The number of para-hydroxylation sites is 2. The molecule has 0 amide bonds. The molecule has 1 heterocycles. The lowest BCUT2D eigenvalue weighted by atomic mass is 10.3. The maximum absolute atomic E-state index is 12.7. The highest BCUT2D eigenvalue weighted by molar-refractivity contribution is 8.00. The van der Waals surface area contributed by atoms with E-state index in [4.69, 9.17) is 0 Å². The van der Waals surface area contributed by atoms with Crippen LogP contribution in [0.25, 0.3) is 11.0 Å². The van der Waals surface area contributed by atoms with E-state index in [2.05, 4.69) is 9.97 Å². The normalized spacial score (nSPS) is 12.6. The van der Waals surface area contributed by atoms with E-state index in [0.29, 0.717) is 11.0 Å². The largest absolute Gasteiger partial charge is 0.360 e. The molecule has 0 saturated carbocycles. The molecular formula is C9H6F4N2S. The molecule has 1 N–H and O–H groups in total. The van der Waals surface area contributed by atoms with Crippen molar-refractivity contribution in [2.24, 2.45) is 0 Å². The number of aromatic amines is 1. The predicted molar refractivity (Wildman–Crippen MR) is 52.9 cm³/mol. The van der Waals surface area contributed by atoms with Crippen LogP contribution >= 0.6 is 11.8 Å². The van der Waals surface area contributed by atoms with E-state index in [1.165, 1.54) is 0 Å². The molecule has 7 heteroatoms. The highest BCUT2D eigenvalue weighted by Gasteiger charge is 2.43. The van der Waals surface area contributed by atoms with E-state index in [9.17, 15) is 17.6 Å². The van der Waals surface area contributed by atoms with Gasteiger partial charge in [-0.3, -0.25) is 0 Å². The third-order valence-electron chi connectivity index (χ3n) is 1.85. The van der Waals surface area contributed by atoms with Gasteiger partial charge in [-0.25, -0.2) is 13.8 Å². The summed E-state index contributed by atoms with van der Waals surface area (Å²) in [6, 6.07) is 6.62. The maximum Gasteiger partial charge on any atom is 0.360 e. The summed E-state index contributed by atoms with van der Waals surface area (Å²) < 4.78 is 49.3. The zero-order chi connectivity index (χ0) is 11.8. The SMILES string of the molecule is FC(F)C(F)(F)Sc1nc2ccccc2[nH]1. The van der Waals surface area contributed by atoms with Crippen molar-refractivity contribution < 1.29 is 17.6 Å². The van der Waals surface area contributed by atoms with Gasteiger partial charge in [0.1, 0.15) is 0 Å². The Bertz CT molecular complexity index is 464. The van der Waals surface area contributed by atoms with Gasteiger partial charge in [-0.15, -0.1) is 0 Å². The number of rotatable bonds is 3. The molecular weight excluding hydrogens is 244 g/mol. The van der Waals surface area contributed by atoms with Gasteiger partial charge in [-0.1, -0.05) is 12.1 Å². The van der Waals surface area contributed by atoms with Crippen LogP contribution in [0.3, 0.4) is 0 Å². The highest BCUT2D eigenvalue weighted by Crippen LogP contribution is 2.39. The molecule has 0 aliphatic heterocycles. The zero-order valence-electron chi connectivity index (χ0n) is 7.75. The Morgan fingerprint density at radius 2 is 1.94 bits per heavy atom. The van der Waals surface area contributed by atoms with Gasteiger partial charge in [0, 0.05) is 0 Å². The molecule has 0 fully saturated rings. The summed E-state index contributed by atoms with van der Waals surface area (Å²) in [6.07, 6.45) is -3.72. The number of hydrogen-bond donors (Lipinski definition) is 1.